The number of para-hydroxylation sites is 2. The molecular formula is C10H12BN2OS. The van der Waals surface area contributed by atoms with Crippen molar-refractivity contribution in [1.29, 1.82) is 0 Å². The summed E-state index contributed by atoms with van der Waals surface area (Å²) in [5, 5.41) is 0.640. The maximum Gasteiger partial charge on any atom is 0.245 e. The fourth-order valence-electron chi connectivity index (χ4n) is 1.62. The van der Waals surface area contributed by atoms with Gasteiger partial charge >= 0.3 is 0 Å². The molecule has 77 valence electrons. The van der Waals surface area contributed by atoms with Crippen molar-refractivity contribution in [1.82, 2.24) is 9.55 Å². The number of aryl methyl sites for hydroxylation is 1. The number of rotatable bonds is 3. The predicted molar refractivity (Wildman–Crippen MR) is 63.4 cm³/mol. The van der Waals surface area contributed by atoms with Gasteiger partial charge in [-0.1, -0.05) is 19.0 Å². The highest BCUT2D eigenvalue weighted by Gasteiger charge is 2.13. The van der Waals surface area contributed by atoms with E-state index >= 15 is 0 Å². The molecule has 0 aliphatic rings. The van der Waals surface area contributed by atoms with Gasteiger partial charge in [-0.2, -0.15) is 0 Å². The van der Waals surface area contributed by atoms with Gasteiger partial charge in [-0.3, -0.25) is 4.21 Å². The Kier molecular flexibility index (Phi) is 2.91. The number of benzene rings is 1. The van der Waals surface area contributed by atoms with Crippen LogP contribution in [0.5, 0.6) is 0 Å². The van der Waals surface area contributed by atoms with Gasteiger partial charge in [0.2, 0.25) is 6.56 Å². The molecule has 0 saturated carbocycles. The summed E-state index contributed by atoms with van der Waals surface area (Å²) < 4.78 is 13.7. The predicted octanol–water partition coefficient (Wildman–Crippen LogP) is 1.83. The van der Waals surface area contributed by atoms with Crippen LogP contribution in [0.15, 0.2) is 29.4 Å². The van der Waals surface area contributed by atoms with Crippen molar-refractivity contribution in [2.75, 3.05) is 0 Å². The Morgan fingerprint density at radius 3 is 2.87 bits per heavy atom. The number of fused-ring (bicyclic) bond motifs is 1. The van der Waals surface area contributed by atoms with Crippen molar-refractivity contribution in [2.24, 2.45) is 0 Å². The van der Waals surface area contributed by atoms with Gasteiger partial charge in [0.1, 0.15) is 0 Å². The second-order valence-electron chi connectivity index (χ2n) is 3.16. The number of hydrogen-bond donors (Lipinski definition) is 0. The van der Waals surface area contributed by atoms with Crippen LogP contribution in [0.1, 0.15) is 6.92 Å². The average Bonchev–Trinajstić information content (AvgIpc) is 2.66. The highest BCUT2D eigenvalue weighted by molar-refractivity contribution is 8.09. The Bertz CT molecular complexity index is 509. The number of aromatic nitrogens is 2. The fraction of sp³-hybridized carbons (Fsp3) is 0.300. The molecule has 5 heteroatoms. The second kappa shape index (κ2) is 4.19. The summed E-state index contributed by atoms with van der Waals surface area (Å²) in [7, 11) is -1.11. The van der Waals surface area contributed by atoms with E-state index in [-0.39, 0.29) is 0 Å². The molecule has 3 nitrogen and oxygen atoms in total. The first kappa shape index (κ1) is 10.4. The summed E-state index contributed by atoms with van der Waals surface area (Å²) in [5.74, 6) is 0. The van der Waals surface area contributed by atoms with E-state index in [1.807, 2.05) is 35.8 Å². The van der Waals surface area contributed by atoms with Crippen LogP contribution in [0.25, 0.3) is 11.0 Å². The zero-order valence-electron chi connectivity index (χ0n) is 8.80. The van der Waals surface area contributed by atoms with Crippen LogP contribution in [0.4, 0.5) is 0 Å². The van der Waals surface area contributed by atoms with Gasteiger partial charge in [-0.25, -0.2) is 4.98 Å². The highest BCUT2D eigenvalue weighted by atomic mass is 32.2. The molecule has 0 fully saturated rings. The zero-order valence-corrected chi connectivity index (χ0v) is 9.62. The van der Waals surface area contributed by atoms with E-state index in [2.05, 4.69) is 4.98 Å². The van der Waals surface area contributed by atoms with Crippen LogP contribution < -0.4 is 0 Å². The molecule has 2 aromatic rings. The molecule has 1 aromatic carbocycles. The fourth-order valence-corrected chi connectivity index (χ4v) is 2.46. The maximum absolute atomic E-state index is 11.7. The minimum Gasteiger partial charge on any atom is -0.318 e. The molecule has 0 saturated heterocycles. The first-order chi connectivity index (χ1) is 7.27. The molecule has 1 radical (unpaired) electrons. The Labute approximate surface area is 92.1 Å². The molecule has 1 aromatic heterocycles. The Morgan fingerprint density at radius 1 is 1.47 bits per heavy atom. The molecule has 1 atom stereocenters. The van der Waals surface area contributed by atoms with Crippen molar-refractivity contribution in [3.8, 4) is 0 Å². The molecule has 0 amide bonds. The lowest BCUT2D eigenvalue weighted by Gasteiger charge is -2.03. The van der Waals surface area contributed by atoms with E-state index in [4.69, 9.17) is 0 Å². The van der Waals surface area contributed by atoms with E-state index in [9.17, 15) is 4.21 Å². The molecule has 0 N–H and O–H groups in total. The van der Waals surface area contributed by atoms with Crippen LogP contribution in [-0.2, 0) is 17.2 Å². The first-order valence-electron chi connectivity index (χ1n) is 4.93. The summed E-state index contributed by atoms with van der Waals surface area (Å²) in [6, 6.07) is 7.86. The lowest BCUT2D eigenvalue weighted by atomic mass is 10.2. The molecule has 1 heterocycles. The van der Waals surface area contributed by atoms with Crippen molar-refractivity contribution in [3.63, 3.8) is 0 Å². The second-order valence-corrected chi connectivity index (χ2v) is 4.59. The minimum absolute atomic E-state index is 0.640. The molecule has 2 rings (SSSR count). The van der Waals surface area contributed by atoms with E-state index in [0.29, 0.717) is 5.16 Å². The summed E-state index contributed by atoms with van der Waals surface area (Å²) >= 11 is 0. The van der Waals surface area contributed by atoms with Crippen molar-refractivity contribution in [2.45, 2.75) is 25.4 Å². The molecule has 1 unspecified atom stereocenters. The molecule has 0 aliphatic heterocycles. The molecule has 15 heavy (non-hydrogen) atoms. The standard InChI is InChI=1S/C10H12BN2OS/c1-3-13-9-7-5-4-6-8(9)12-10(13)15(14)11-2/h4-7H,3H2,1-2H3. The first-order valence-corrected chi connectivity index (χ1v) is 6.14. The lowest BCUT2D eigenvalue weighted by molar-refractivity contribution is 0.656. The van der Waals surface area contributed by atoms with E-state index < -0.39 is 10.7 Å². The van der Waals surface area contributed by atoms with Crippen LogP contribution in [0, 0.1) is 0 Å². The van der Waals surface area contributed by atoms with Crippen LogP contribution >= 0.6 is 0 Å². The minimum atomic E-state index is -1.11. The van der Waals surface area contributed by atoms with Gasteiger partial charge in [0.05, 0.1) is 11.0 Å². The topological polar surface area (TPSA) is 34.9 Å². The smallest absolute Gasteiger partial charge is 0.245 e. The SMILES string of the molecule is C[B]S(=O)c1nc2ccccc2n1CC. The Hall–Kier alpha value is -1.10. The lowest BCUT2D eigenvalue weighted by Crippen LogP contribution is -2.07. The number of imidazole rings is 1. The Morgan fingerprint density at radius 2 is 2.20 bits per heavy atom. The number of hydrogen-bond acceptors (Lipinski definition) is 2. The van der Waals surface area contributed by atoms with Gasteiger partial charge in [-0.05, 0) is 19.1 Å². The van der Waals surface area contributed by atoms with E-state index in [1.54, 1.807) is 13.4 Å². The molecular weight excluding hydrogens is 207 g/mol. The van der Waals surface area contributed by atoms with Crippen LogP contribution in [-0.4, -0.2) is 20.3 Å². The maximum atomic E-state index is 11.7. The van der Waals surface area contributed by atoms with Gasteiger partial charge in [0.25, 0.3) is 0 Å². The third-order valence-corrected chi connectivity index (χ3v) is 3.43. The van der Waals surface area contributed by atoms with Gasteiger partial charge in [0, 0.05) is 17.2 Å². The summed E-state index contributed by atoms with van der Waals surface area (Å²) in [6.45, 7) is 6.27. The van der Waals surface area contributed by atoms with Crippen molar-refractivity contribution in [3.05, 3.63) is 24.3 Å². The molecule has 0 bridgehead atoms. The Balaban J connectivity index is 2.69. The monoisotopic (exact) mass is 219 g/mol. The third-order valence-electron chi connectivity index (χ3n) is 2.33. The van der Waals surface area contributed by atoms with Gasteiger partial charge in [0.15, 0.2) is 5.16 Å². The summed E-state index contributed by atoms with van der Waals surface area (Å²) in [5.41, 5.74) is 1.95. The van der Waals surface area contributed by atoms with Crippen LogP contribution in [0.3, 0.4) is 0 Å². The normalized spacial score (nSPS) is 12.9. The van der Waals surface area contributed by atoms with E-state index in [1.165, 1.54) is 0 Å². The van der Waals surface area contributed by atoms with Crippen LogP contribution in [0.2, 0.25) is 6.82 Å². The molecule has 0 aliphatic carbocycles. The van der Waals surface area contributed by atoms with E-state index in [0.717, 1.165) is 17.6 Å². The summed E-state index contributed by atoms with van der Waals surface area (Å²) in [6.07, 6.45) is 0. The highest BCUT2D eigenvalue weighted by Crippen LogP contribution is 2.17. The quantitative estimate of drug-likeness (QED) is 0.738. The van der Waals surface area contributed by atoms with Gasteiger partial charge < -0.3 is 4.57 Å². The van der Waals surface area contributed by atoms with Crippen molar-refractivity contribution >= 4 is 28.2 Å². The largest absolute Gasteiger partial charge is 0.318 e. The third kappa shape index (κ3) is 1.72. The number of nitrogens with zero attached hydrogens (tertiary/aromatic N) is 2. The van der Waals surface area contributed by atoms with Crippen molar-refractivity contribution < 1.29 is 4.21 Å². The summed E-state index contributed by atoms with van der Waals surface area (Å²) in [4.78, 5) is 4.39. The molecule has 0 spiro atoms. The zero-order chi connectivity index (χ0) is 10.8. The average molecular weight is 219 g/mol. The van der Waals surface area contributed by atoms with Gasteiger partial charge in [-0.15, -0.1) is 0 Å².